The van der Waals surface area contributed by atoms with Gasteiger partial charge in [0.05, 0.1) is 0 Å². The monoisotopic (exact) mass is 260 g/mol. The quantitative estimate of drug-likeness (QED) is 0.849. The van der Waals surface area contributed by atoms with Crippen molar-refractivity contribution in [2.24, 2.45) is 5.73 Å². The van der Waals surface area contributed by atoms with Crippen LogP contribution in [-0.4, -0.2) is 41.6 Å². The van der Waals surface area contributed by atoms with E-state index < -0.39 is 0 Å². The van der Waals surface area contributed by atoms with E-state index in [0.717, 1.165) is 24.0 Å². The van der Waals surface area contributed by atoms with Gasteiger partial charge in [-0.15, -0.1) is 0 Å². The predicted octanol–water partition coefficient (Wildman–Crippen LogP) is 1.36. The number of hydrogen-bond acceptors (Lipinski definition) is 5. The maximum Gasteiger partial charge on any atom is 0.139 e. The van der Waals surface area contributed by atoms with Gasteiger partial charge in [-0.2, -0.15) is 0 Å². The minimum atomic E-state index is 0.101. The number of nitrogens with one attached hydrogen (secondary N) is 1. The van der Waals surface area contributed by atoms with Gasteiger partial charge in [0.2, 0.25) is 0 Å². The van der Waals surface area contributed by atoms with E-state index in [1.165, 1.54) is 0 Å². The number of anilines is 3. The summed E-state index contributed by atoms with van der Waals surface area (Å²) in [5.74, 6) is 2.68. The molecule has 0 amide bonds. The van der Waals surface area contributed by atoms with Gasteiger partial charge < -0.3 is 20.5 Å². The molecule has 2 aromatic heterocycles. The Kier molecular flexibility index (Phi) is 4.01. The van der Waals surface area contributed by atoms with Crippen molar-refractivity contribution >= 4 is 17.5 Å². The lowest BCUT2D eigenvalue weighted by atomic mass is 10.3. The van der Waals surface area contributed by atoms with Crippen molar-refractivity contribution in [1.29, 1.82) is 0 Å². The van der Waals surface area contributed by atoms with E-state index in [9.17, 15) is 0 Å². The maximum absolute atomic E-state index is 5.81. The molecule has 0 bridgehead atoms. The lowest BCUT2D eigenvalue weighted by Crippen LogP contribution is -2.33. The van der Waals surface area contributed by atoms with Crippen LogP contribution in [0.15, 0.2) is 30.7 Å². The van der Waals surface area contributed by atoms with Gasteiger partial charge in [0.15, 0.2) is 0 Å². The van der Waals surface area contributed by atoms with Crippen LogP contribution in [-0.2, 0) is 0 Å². The molecule has 0 saturated carbocycles. The molecular formula is C13H20N6. The Balaban J connectivity index is 2.19. The van der Waals surface area contributed by atoms with Gasteiger partial charge in [-0.05, 0) is 19.1 Å². The Bertz CT molecular complexity index is 508. The first kappa shape index (κ1) is 13.4. The molecule has 0 spiro atoms. The SMILES string of the molecule is CC(N)CN(C)c1cc(N(C)c2ccc[nH]2)ncn1. The van der Waals surface area contributed by atoms with Crippen LogP contribution in [0.2, 0.25) is 0 Å². The summed E-state index contributed by atoms with van der Waals surface area (Å²) < 4.78 is 0. The highest BCUT2D eigenvalue weighted by molar-refractivity contribution is 5.58. The molecule has 0 aromatic carbocycles. The molecule has 3 N–H and O–H groups in total. The molecule has 19 heavy (non-hydrogen) atoms. The molecule has 1 unspecified atom stereocenters. The highest BCUT2D eigenvalue weighted by Gasteiger charge is 2.10. The number of likely N-dealkylation sites (N-methyl/N-ethyl adjacent to an activating group) is 1. The molecule has 0 aliphatic rings. The van der Waals surface area contributed by atoms with E-state index in [0.29, 0.717) is 0 Å². The van der Waals surface area contributed by atoms with Crippen LogP contribution in [0.1, 0.15) is 6.92 Å². The summed E-state index contributed by atoms with van der Waals surface area (Å²) in [4.78, 5) is 15.7. The van der Waals surface area contributed by atoms with E-state index in [1.54, 1.807) is 6.33 Å². The lowest BCUT2D eigenvalue weighted by molar-refractivity contribution is 0.711. The minimum absolute atomic E-state index is 0.101. The van der Waals surface area contributed by atoms with Crippen molar-refractivity contribution in [3.63, 3.8) is 0 Å². The van der Waals surface area contributed by atoms with Crippen LogP contribution in [0.3, 0.4) is 0 Å². The summed E-state index contributed by atoms with van der Waals surface area (Å²) in [6.07, 6.45) is 3.46. The second kappa shape index (κ2) is 5.71. The van der Waals surface area contributed by atoms with Crippen LogP contribution in [0.25, 0.3) is 0 Å². The van der Waals surface area contributed by atoms with Crippen molar-refractivity contribution < 1.29 is 0 Å². The van der Waals surface area contributed by atoms with Gasteiger partial charge in [-0.25, -0.2) is 9.97 Å². The third kappa shape index (κ3) is 3.23. The van der Waals surface area contributed by atoms with Crippen molar-refractivity contribution in [3.05, 3.63) is 30.7 Å². The maximum atomic E-state index is 5.81. The number of hydrogen-bond donors (Lipinski definition) is 2. The molecule has 0 fully saturated rings. The van der Waals surface area contributed by atoms with E-state index in [2.05, 4.69) is 15.0 Å². The third-order valence-electron chi connectivity index (χ3n) is 2.88. The average molecular weight is 260 g/mol. The van der Waals surface area contributed by atoms with E-state index >= 15 is 0 Å². The lowest BCUT2D eigenvalue weighted by Gasteiger charge is -2.22. The zero-order valence-corrected chi connectivity index (χ0v) is 11.5. The second-order valence-electron chi connectivity index (χ2n) is 4.71. The summed E-state index contributed by atoms with van der Waals surface area (Å²) in [7, 11) is 3.94. The number of aromatic amines is 1. The largest absolute Gasteiger partial charge is 0.358 e. The first-order valence-electron chi connectivity index (χ1n) is 6.24. The smallest absolute Gasteiger partial charge is 0.139 e. The van der Waals surface area contributed by atoms with Gasteiger partial charge in [0, 0.05) is 38.9 Å². The van der Waals surface area contributed by atoms with Gasteiger partial charge >= 0.3 is 0 Å². The van der Waals surface area contributed by atoms with Crippen molar-refractivity contribution in [2.45, 2.75) is 13.0 Å². The van der Waals surface area contributed by atoms with Crippen LogP contribution < -0.4 is 15.5 Å². The molecule has 0 aliphatic carbocycles. The average Bonchev–Trinajstić information content (AvgIpc) is 2.91. The van der Waals surface area contributed by atoms with Gasteiger partial charge in [0.25, 0.3) is 0 Å². The van der Waals surface area contributed by atoms with E-state index in [-0.39, 0.29) is 6.04 Å². The van der Waals surface area contributed by atoms with Gasteiger partial charge in [-0.1, -0.05) is 0 Å². The molecule has 0 saturated heterocycles. The van der Waals surface area contributed by atoms with Crippen LogP contribution in [0, 0.1) is 0 Å². The molecule has 0 aliphatic heterocycles. The van der Waals surface area contributed by atoms with Crippen molar-refractivity contribution in [1.82, 2.24) is 15.0 Å². The van der Waals surface area contributed by atoms with Crippen LogP contribution in [0.4, 0.5) is 17.5 Å². The fraction of sp³-hybridized carbons (Fsp3) is 0.385. The molecule has 6 heteroatoms. The molecule has 1 atom stereocenters. The summed E-state index contributed by atoms with van der Waals surface area (Å²) in [6, 6.07) is 6.00. The second-order valence-corrected chi connectivity index (χ2v) is 4.71. The molecule has 2 heterocycles. The number of H-pyrrole nitrogens is 1. The highest BCUT2D eigenvalue weighted by atomic mass is 15.2. The minimum Gasteiger partial charge on any atom is -0.358 e. The molecular weight excluding hydrogens is 240 g/mol. The predicted molar refractivity (Wildman–Crippen MR) is 77.8 cm³/mol. The normalized spacial score (nSPS) is 12.2. The zero-order chi connectivity index (χ0) is 13.8. The summed E-state index contributed by atoms with van der Waals surface area (Å²) >= 11 is 0. The van der Waals surface area contributed by atoms with E-state index in [4.69, 9.17) is 5.73 Å². The summed E-state index contributed by atoms with van der Waals surface area (Å²) in [5, 5.41) is 0. The molecule has 6 nitrogen and oxygen atoms in total. The number of rotatable bonds is 5. The molecule has 2 aromatic rings. The molecule has 2 rings (SSSR count). The zero-order valence-electron chi connectivity index (χ0n) is 11.5. The number of nitrogens with two attached hydrogens (primary N) is 1. The molecule has 0 radical (unpaired) electrons. The number of nitrogens with zero attached hydrogens (tertiary/aromatic N) is 4. The Labute approximate surface area is 113 Å². The van der Waals surface area contributed by atoms with Gasteiger partial charge in [-0.3, -0.25) is 0 Å². The van der Waals surface area contributed by atoms with Crippen molar-refractivity contribution in [2.75, 3.05) is 30.4 Å². The summed E-state index contributed by atoms with van der Waals surface area (Å²) in [5.41, 5.74) is 5.81. The Morgan fingerprint density at radius 2 is 2.05 bits per heavy atom. The van der Waals surface area contributed by atoms with Gasteiger partial charge in [0.1, 0.15) is 23.8 Å². The van der Waals surface area contributed by atoms with Crippen LogP contribution in [0.5, 0.6) is 0 Å². The van der Waals surface area contributed by atoms with E-state index in [1.807, 2.05) is 55.2 Å². The summed E-state index contributed by atoms with van der Waals surface area (Å²) in [6.45, 7) is 2.73. The third-order valence-corrected chi connectivity index (χ3v) is 2.88. The Hall–Kier alpha value is -2.08. The Morgan fingerprint density at radius 1 is 1.32 bits per heavy atom. The highest BCUT2D eigenvalue weighted by Crippen LogP contribution is 2.21. The van der Waals surface area contributed by atoms with Crippen molar-refractivity contribution in [3.8, 4) is 0 Å². The van der Waals surface area contributed by atoms with Crippen LogP contribution >= 0.6 is 0 Å². The molecule has 102 valence electrons. The topological polar surface area (TPSA) is 74.1 Å². The standard InChI is InChI=1S/C13H20N6/c1-10(14)8-18(2)12-7-13(17-9-16-12)19(3)11-5-4-6-15-11/h4-7,9-10,15H,8,14H2,1-3H3. The first-order valence-corrected chi connectivity index (χ1v) is 6.24. The number of aromatic nitrogens is 3. The first-order chi connectivity index (χ1) is 9.08. The Morgan fingerprint density at radius 3 is 2.68 bits per heavy atom. The fourth-order valence-electron chi connectivity index (χ4n) is 1.91. The fourth-order valence-corrected chi connectivity index (χ4v) is 1.91.